The van der Waals surface area contributed by atoms with Gasteiger partial charge in [0.15, 0.2) is 0 Å². The number of nitrogens with zero attached hydrogens (tertiary/aromatic N) is 1. The zero-order valence-electron chi connectivity index (χ0n) is 13.3. The van der Waals surface area contributed by atoms with Crippen LogP contribution in [0.15, 0.2) is 0 Å². The lowest BCUT2D eigenvalue weighted by Crippen LogP contribution is -2.42. The summed E-state index contributed by atoms with van der Waals surface area (Å²) >= 11 is 0. The Balaban J connectivity index is 1.75. The van der Waals surface area contributed by atoms with E-state index in [2.05, 4.69) is 31.0 Å². The molecule has 0 amide bonds. The standard InChI is InChI=1S/C17H34N2/c1-14(2)19-12-7-10-17(11-13-19)18-15(3)16-8-5-4-6-9-16/h14-18H,4-13H2,1-3H3. The highest BCUT2D eigenvalue weighted by Crippen LogP contribution is 2.27. The van der Waals surface area contributed by atoms with Crippen LogP contribution >= 0.6 is 0 Å². The first-order valence-electron chi connectivity index (χ1n) is 8.67. The van der Waals surface area contributed by atoms with E-state index in [0.717, 1.165) is 24.0 Å². The summed E-state index contributed by atoms with van der Waals surface area (Å²) in [6.45, 7) is 9.68. The summed E-state index contributed by atoms with van der Waals surface area (Å²) in [5.41, 5.74) is 0. The molecule has 2 aliphatic rings. The normalized spacial score (nSPS) is 29.4. The molecule has 0 aromatic heterocycles. The molecule has 1 aliphatic carbocycles. The first-order valence-corrected chi connectivity index (χ1v) is 8.67. The molecular formula is C17H34N2. The van der Waals surface area contributed by atoms with Gasteiger partial charge in [-0.2, -0.15) is 0 Å². The quantitative estimate of drug-likeness (QED) is 0.832. The molecule has 1 saturated carbocycles. The highest BCUT2D eigenvalue weighted by molar-refractivity contribution is 4.82. The van der Waals surface area contributed by atoms with Crippen molar-refractivity contribution in [1.82, 2.24) is 10.2 Å². The summed E-state index contributed by atoms with van der Waals surface area (Å²) in [6, 6.07) is 2.21. The Labute approximate surface area is 120 Å². The summed E-state index contributed by atoms with van der Waals surface area (Å²) in [4.78, 5) is 2.65. The predicted molar refractivity (Wildman–Crippen MR) is 83.5 cm³/mol. The van der Waals surface area contributed by atoms with Crippen molar-refractivity contribution in [3.63, 3.8) is 0 Å². The first-order chi connectivity index (χ1) is 9.16. The molecule has 2 nitrogen and oxygen atoms in total. The van der Waals surface area contributed by atoms with Gasteiger partial charge in [-0.1, -0.05) is 19.3 Å². The van der Waals surface area contributed by atoms with Crippen LogP contribution in [0, 0.1) is 5.92 Å². The van der Waals surface area contributed by atoms with Gasteiger partial charge in [-0.25, -0.2) is 0 Å². The maximum atomic E-state index is 3.96. The van der Waals surface area contributed by atoms with E-state index in [9.17, 15) is 0 Å². The van der Waals surface area contributed by atoms with Gasteiger partial charge in [0, 0.05) is 18.1 Å². The van der Waals surface area contributed by atoms with Crippen LogP contribution < -0.4 is 5.32 Å². The van der Waals surface area contributed by atoms with Crippen molar-refractivity contribution >= 4 is 0 Å². The third-order valence-corrected chi connectivity index (χ3v) is 5.35. The molecule has 0 spiro atoms. The van der Waals surface area contributed by atoms with Gasteiger partial charge in [0.25, 0.3) is 0 Å². The van der Waals surface area contributed by atoms with E-state index in [-0.39, 0.29) is 0 Å². The molecule has 0 aromatic carbocycles. The minimum Gasteiger partial charge on any atom is -0.311 e. The minimum atomic E-state index is 0.717. The molecule has 1 aliphatic heterocycles. The molecule has 0 bridgehead atoms. The van der Waals surface area contributed by atoms with E-state index >= 15 is 0 Å². The van der Waals surface area contributed by atoms with Crippen molar-refractivity contribution in [2.75, 3.05) is 13.1 Å². The topological polar surface area (TPSA) is 15.3 Å². The van der Waals surface area contributed by atoms with Crippen molar-refractivity contribution in [3.8, 4) is 0 Å². The van der Waals surface area contributed by atoms with Gasteiger partial charge in [-0.3, -0.25) is 0 Å². The first kappa shape index (κ1) is 15.3. The SMILES string of the molecule is CC(NC1CCCN(C(C)C)CC1)C1CCCCC1. The molecule has 1 saturated heterocycles. The largest absolute Gasteiger partial charge is 0.311 e. The van der Waals surface area contributed by atoms with Crippen LogP contribution in [0.3, 0.4) is 0 Å². The predicted octanol–water partition coefficient (Wildman–Crippen LogP) is 3.81. The Morgan fingerprint density at radius 2 is 1.58 bits per heavy atom. The number of hydrogen-bond acceptors (Lipinski definition) is 2. The summed E-state index contributed by atoms with van der Waals surface area (Å²) in [6.07, 6.45) is 11.4. The van der Waals surface area contributed by atoms with Gasteiger partial charge in [-0.05, 0) is 71.9 Å². The fourth-order valence-electron chi connectivity index (χ4n) is 3.94. The summed E-state index contributed by atoms with van der Waals surface area (Å²) in [5.74, 6) is 0.943. The molecular weight excluding hydrogens is 232 g/mol. The molecule has 0 aromatic rings. The zero-order valence-corrected chi connectivity index (χ0v) is 13.3. The van der Waals surface area contributed by atoms with Gasteiger partial charge in [0.1, 0.15) is 0 Å². The highest BCUT2D eigenvalue weighted by Gasteiger charge is 2.24. The van der Waals surface area contributed by atoms with Gasteiger partial charge >= 0.3 is 0 Å². The Kier molecular flexibility index (Phi) is 6.15. The number of hydrogen-bond donors (Lipinski definition) is 1. The Hall–Kier alpha value is -0.0800. The lowest BCUT2D eigenvalue weighted by molar-refractivity contribution is 0.224. The van der Waals surface area contributed by atoms with E-state index in [0.29, 0.717) is 0 Å². The summed E-state index contributed by atoms with van der Waals surface area (Å²) < 4.78 is 0. The van der Waals surface area contributed by atoms with Crippen molar-refractivity contribution in [3.05, 3.63) is 0 Å². The van der Waals surface area contributed by atoms with Crippen molar-refractivity contribution in [1.29, 1.82) is 0 Å². The number of nitrogens with one attached hydrogen (secondary N) is 1. The smallest absolute Gasteiger partial charge is 0.00823 e. The third kappa shape index (κ3) is 4.75. The van der Waals surface area contributed by atoms with Crippen LogP contribution in [0.25, 0.3) is 0 Å². The lowest BCUT2D eigenvalue weighted by Gasteiger charge is -2.31. The molecule has 1 N–H and O–H groups in total. The summed E-state index contributed by atoms with van der Waals surface area (Å²) in [7, 11) is 0. The maximum absolute atomic E-state index is 3.96. The molecule has 2 fully saturated rings. The van der Waals surface area contributed by atoms with E-state index in [1.165, 1.54) is 64.5 Å². The summed E-state index contributed by atoms with van der Waals surface area (Å²) in [5, 5.41) is 3.96. The van der Waals surface area contributed by atoms with Crippen molar-refractivity contribution in [2.45, 2.75) is 90.3 Å². The number of likely N-dealkylation sites (tertiary alicyclic amines) is 1. The molecule has 1 heterocycles. The monoisotopic (exact) mass is 266 g/mol. The lowest BCUT2D eigenvalue weighted by atomic mass is 9.84. The van der Waals surface area contributed by atoms with Crippen LogP contribution in [-0.2, 0) is 0 Å². The van der Waals surface area contributed by atoms with Crippen LogP contribution in [-0.4, -0.2) is 36.1 Å². The molecule has 2 atom stereocenters. The van der Waals surface area contributed by atoms with Gasteiger partial charge in [0.05, 0.1) is 0 Å². The second kappa shape index (κ2) is 7.64. The van der Waals surface area contributed by atoms with E-state index in [1.54, 1.807) is 0 Å². The maximum Gasteiger partial charge on any atom is 0.00823 e. The van der Waals surface area contributed by atoms with E-state index in [1.807, 2.05) is 0 Å². The van der Waals surface area contributed by atoms with Crippen molar-refractivity contribution < 1.29 is 0 Å². The number of rotatable bonds is 4. The molecule has 112 valence electrons. The molecule has 2 rings (SSSR count). The molecule has 2 heteroatoms. The average molecular weight is 266 g/mol. The van der Waals surface area contributed by atoms with E-state index < -0.39 is 0 Å². The van der Waals surface area contributed by atoms with Gasteiger partial charge in [0.2, 0.25) is 0 Å². The Bertz CT molecular complexity index is 246. The van der Waals surface area contributed by atoms with Gasteiger partial charge < -0.3 is 10.2 Å². The Morgan fingerprint density at radius 1 is 0.842 bits per heavy atom. The van der Waals surface area contributed by atoms with Crippen LogP contribution in [0.5, 0.6) is 0 Å². The molecule has 0 radical (unpaired) electrons. The zero-order chi connectivity index (χ0) is 13.7. The average Bonchev–Trinajstić information content (AvgIpc) is 2.65. The second-order valence-electron chi connectivity index (χ2n) is 7.11. The van der Waals surface area contributed by atoms with Crippen molar-refractivity contribution in [2.24, 2.45) is 5.92 Å². The molecule has 2 unspecified atom stereocenters. The van der Waals surface area contributed by atoms with Crippen LogP contribution in [0.4, 0.5) is 0 Å². The second-order valence-corrected chi connectivity index (χ2v) is 7.11. The Morgan fingerprint density at radius 3 is 2.26 bits per heavy atom. The fraction of sp³-hybridized carbons (Fsp3) is 1.00. The third-order valence-electron chi connectivity index (χ3n) is 5.35. The fourth-order valence-corrected chi connectivity index (χ4v) is 3.94. The van der Waals surface area contributed by atoms with Crippen LogP contribution in [0.1, 0.15) is 72.1 Å². The van der Waals surface area contributed by atoms with E-state index in [4.69, 9.17) is 0 Å². The highest BCUT2D eigenvalue weighted by atomic mass is 15.1. The molecule has 19 heavy (non-hydrogen) atoms. The minimum absolute atomic E-state index is 0.717. The van der Waals surface area contributed by atoms with Crippen LogP contribution in [0.2, 0.25) is 0 Å². The van der Waals surface area contributed by atoms with Gasteiger partial charge in [-0.15, -0.1) is 0 Å².